The minimum absolute atomic E-state index is 0.0480. The first-order chi connectivity index (χ1) is 12.7. The van der Waals surface area contributed by atoms with E-state index in [1.165, 1.54) is 6.42 Å². The Hall–Kier alpha value is -2.40. The van der Waals surface area contributed by atoms with Crippen molar-refractivity contribution in [3.8, 4) is 17.1 Å². The molecule has 0 bridgehead atoms. The van der Waals surface area contributed by atoms with Gasteiger partial charge in [0.15, 0.2) is 0 Å². The van der Waals surface area contributed by atoms with Gasteiger partial charge < -0.3 is 14.4 Å². The Morgan fingerprint density at radius 1 is 1.23 bits per heavy atom. The van der Waals surface area contributed by atoms with Crippen LogP contribution in [0.25, 0.3) is 11.3 Å². The van der Waals surface area contributed by atoms with Crippen molar-refractivity contribution in [2.24, 2.45) is 0 Å². The summed E-state index contributed by atoms with van der Waals surface area (Å²) >= 11 is 0. The van der Waals surface area contributed by atoms with Crippen LogP contribution >= 0.6 is 0 Å². The Balaban J connectivity index is 1.70. The first-order valence-corrected chi connectivity index (χ1v) is 9.23. The third-order valence-electron chi connectivity index (χ3n) is 4.73. The number of carbonyl (C=O) groups is 1. The van der Waals surface area contributed by atoms with E-state index in [2.05, 4.69) is 4.98 Å². The molecular weight excluding hydrogens is 328 g/mol. The van der Waals surface area contributed by atoms with E-state index in [9.17, 15) is 4.79 Å². The van der Waals surface area contributed by atoms with Gasteiger partial charge in [-0.15, -0.1) is 0 Å². The van der Waals surface area contributed by atoms with Gasteiger partial charge in [-0.25, -0.2) is 4.98 Å². The highest BCUT2D eigenvalue weighted by Gasteiger charge is 2.21. The minimum Gasteiger partial charge on any atom is -0.481 e. The highest BCUT2D eigenvalue weighted by atomic mass is 16.5. The number of hydrogen-bond acceptors (Lipinski definition) is 4. The molecule has 1 aromatic heterocycles. The van der Waals surface area contributed by atoms with Crippen LogP contribution < -0.4 is 4.74 Å². The largest absolute Gasteiger partial charge is 0.481 e. The maximum absolute atomic E-state index is 12.8. The lowest BCUT2D eigenvalue weighted by Gasteiger charge is -2.29. The summed E-state index contributed by atoms with van der Waals surface area (Å²) < 4.78 is 11.0. The SMILES string of the molecule is CCN(C[C@@H]1CCCCO1)C(=O)c1ccc(-c2cccc(OC)n2)cc1. The molecule has 0 saturated carbocycles. The second-order valence-corrected chi connectivity index (χ2v) is 6.47. The Labute approximate surface area is 155 Å². The summed E-state index contributed by atoms with van der Waals surface area (Å²) in [6.45, 7) is 4.15. The number of methoxy groups -OCH3 is 1. The van der Waals surface area contributed by atoms with E-state index in [-0.39, 0.29) is 12.0 Å². The molecule has 138 valence electrons. The van der Waals surface area contributed by atoms with Crippen LogP contribution in [0.4, 0.5) is 0 Å². The van der Waals surface area contributed by atoms with Crippen molar-refractivity contribution in [3.05, 3.63) is 48.0 Å². The highest BCUT2D eigenvalue weighted by molar-refractivity contribution is 5.94. The number of carbonyl (C=O) groups excluding carboxylic acids is 1. The van der Waals surface area contributed by atoms with Gasteiger partial charge in [-0.3, -0.25) is 4.79 Å². The summed E-state index contributed by atoms with van der Waals surface area (Å²) in [5.41, 5.74) is 2.47. The molecule has 2 heterocycles. The molecule has 5 nitrogen and oxygen atoms in total. The van der Waals surface area contributed by atoms with Crippen molar-refractivity contribution in [3.63, 3.8) is 0 Å². The lowest BCUT2D eigenvalue weighted by Crippen LogP contribution is -2.39. The van der Waals surface area contributed by atoms with Gasteiger partial charge in [0.05, 0.1) is 18.9 Å². The lowest BCUT2D eigenvalue weighted by molar-refractivity contribution is -0.00311. The number of aromatic nitrogens is 1. The fourth-order valence-electron chi connectivity index (χ4n) is 3.21. The highest BCUT2D eigenvalue weighted by Crippen LogP contribution is 2.21. The molecule has 1 aromatic carbocycles. The summed E-state index contributed by atoms with van der Waals surface area (Å²) in [7, 11) is 1.60. The van der Waals surface area contributed by atoms with Crippen LogP contribution in [0, 0.1) is 0 Å². The Morgan fingerprint density at radius 2 is 2.04 bits per heavy atom. The number of amides is 1. The monoisotopic (exact) mass is 354 g/mol. The second-order valence-electron chi connectivity index (χ2n) is 6.47. The molecule has 0 unspecified atom stereocenters. The van der Waals surface area contributed by atoms with Crippen LogP contribution in [0.15, 0.2) is 42.5 Å². The molecule has 3 rings (SSSR count). The van der Waals surface area contributed by atoms with Crippen molar-refractivity contribution in [1.29, 1.82) is 0 Å². The Bertz CT molecular complexity index is 724. The molecule has 1 saturated heterocycles. The third-order valence-corrected chi connectivity index (χ3v) is 4.73. The molecule has 0 radical (unpaired) electrons. The van der Waals surface area contributed by atoms with Crippen molar-refractivity contribution in [2.75, 3.05) is 26.8 Å². The van der Waals surface area contributed by atoms with E-state index in [0.717, 1.165) is 30.7 Å². The van der Waals surface area contributed by atoms with Crippen molar-refractivity contribution in [1.82, 2.24) is 9.88 Å². The Morgan fingerprint density at radius 3 is 2.69 bits per heavy atom. The van der Waals surface area contributed by atoms with Crippen LogP contribution in [0.5, 0.6) is 5.88 Å². The lowest BCUT2D eigenvalue weighted by atomic mass is 10.1. The van der Waals surface area contributed by atoms with Crippen LogP contribution in [0.3, 0.4) is 0 Å². The van der Waals surface area contributed by atoms with Gasteiger partial charge in [-0.05, 0) is 44.4 Å². The van der Waals surface area contributed by atoms with Crippen molar-refractivity contribution >= 4 is 5.91 Å². The number of ether oxygens (including phenoxy) is 2. The number of benzene rings is 1. The van der Waals surface area contributed by atoms with E-state index < -0.39 is 0 Å². The smallest absolute Gasteiger partial charge is 0.253 e. The minimum atomic E-state index is 0.0480. The molecule has 1 aliphatic rings. The van der Waals surface area contributed by atoms with E-state index >= 15 is 0 Å². The molecule has 1 fully saturated rings. The third kappa shape index (κ3) is 4.41. The summed E-state index contributed by atoms with van der Waals surface area (Å²) in [6.07, 6.45) is 3.49. The molecular formula is C21H26N2O3. The van der Waals surface area contributed by atoms with Gasteiger partial charge in [0.2, 0.25) is 5.88 Å². The maximum atomic E-state index is 12.8. The molecule has 1 atom stereocenters. The summed E-state index contributed by atoms with van der Waals surface area (Å²) in [5, 5.41) is 0. The summed E-state index contributed by atoms with van der Waals surface area (Å²) in [5.74, 6) is 0.624. The van der Waals surface area contributed by atoms with Gasteiger partial charge in [-0.2, -0.15) is 0 Å². The molecule has 0 spiro atoms. The topological polar surface area (TPSA) is 51.7 Å². The number of hydrogen-bond donors (Lipinski definition) is 0. The second kappa shape index (κ2) is 8.81. The van der Waals surface area contributed by atoms with Crippen LogP contribution in [0.2, 0.25) is 0 Å². The number of nitrogens with zero attached hydrogens (tertiary/aromatic N) is 2. The van der Waals surface area contributed by atoms with Crippen LogP contribution in [-0.4, -0.2) is 48.7 Å². The average Bonchev–Trinajstić information content (AvgIpc) is 2.72. The van der Waals surface area contributed by atoms with Crippen molar-refractivity contribution in [2.45, 2.75) is 32.3 Å². The van der Waals surface area contributed by atoms with E-state index in [1.807, 2.05) is 54.3 Å². The van der Waals surface area contributed by atoms with Gasteiger partial charge in [-0.1, -0.05) is 18.2 Å². The average molecular weight is 354 g/mol. The zero-order valence-electron chi connectivity index (χ0n) is 15.5. The predicted octanol–water partition coefficient (Wildman–Crippen LogP) is 3.79. The first kappa shape index (κ1) is 18.4. The zero-order chi connectivity index (χ0) is 18.4. The van der Waals surface area contributed by atoms with E-state index in [4.69, 9.17) is 9.47 Å². The van der Waals surface area contributed by atoms with E-state index in [1.54, 1.807) is 7.11 Å². The fourth-order valence-corrected chi connectivity index (χ4v) is 3.21. The van der Waals surface area contributed by atoms with Crippen LogP contribution in [0.1, 0.15) is 36.5 Å². The van der Waals surface area contributed by atoms with E-state index in [0.29, 0.717) is 24.5 Å². The molecule has 2 aromatic rings. The fraction of sp³-hybridized carbons (Fsp3) is 0.429. The Kier molecular flexibility index (Phi) is 6.23. The zero-order valence-corrected chi connectivity index (χ0v) is 15.5. The standard InChI is InChI=1S/C21H26N2O3/c1-3-23(15-18-7-4-5-14-26-18)21(24)17-12-10-16(11-13-17)19-8-6-9-20(22-19)25-2/h6,8-13,18H,3-5,7,14-15H2,1-2H3/t18-/m0/s1. The van der Waals surface area contributed by atoms with Gasteiger partial charge in [0, 0.05) is 36.9 Å². The summed E-state index contributed by atoms with van der Waals surface area (Å²) in [4.78, 5) is 19.1. The molecule has 1 amide bonds. The van der Waals surface area contributed by atoms with Gasteiger partial charge in [0.25, 0.3) is 5.91 Å². The van der Waals surface area contributed by atoms with Gasteiger partial charge in [0.1, 0.15) is 0 Å². The molecule has 1 aliphatic heterocycles. The van der Waals surface area contributed by atoms with Crippen LogP contribution in [-0.2, 0) is 4.74 Å². The number of rotatable bonds is 6. The normalized spacial score (nSPS) is 16.9. The first-order valence-electron chi connectivity index (χ1n) is 9.23. The summed E-state index contributed by atoms with van der Waals surface area (Å²) in [6, 6.07) is 13.2. The molecule has 0 N–H and O–H groups in total. The quantitative estimate of drug-likeness (QED) is 0.792. The predicted molar refractivity (Wildman–Crippen MR) is 101 cm³/mol. The maximum Gasteiger partial charge on any atom is 0.253 e. The van der Waals surface area contributed by atoms with Crippen molar-refractivity contribution < 1.29 is 14.3 Å². The number of pyridine rings is 1. The molecule has 5 heteroatoms. The van der Waals surface area contributed by atoms with Gasteiger partial charge >= 0.3 is 0 Å². The molecule has 0 aliphatic carbocycles. The molecule has 26 heavy (non-hydrogen) atoms. The number of likely N-dealkylation sites (N-methyl/N-ethyl adjacent to an activating group) is 1.